The summed E-state index contributed by atoms with van der Waals surface area (Å²) in [6.45, 7) is 3.16. The molecular weight excluding hydrogens is 156 g/mol. The molecule has 0 bridgehead atoms. The lowest BCUT2D eigenvalue weighted by Gasteiger charge is -2.27. The molecule has 0 radical (unpaired) electrons. The summed E-state index contributed by atoms with van der Waals surface area (Å²) in [5.41, 5.74) is 0. The topological polar surface area (TPSA) is 35.5 Å². The smallest absolute Gasteiger partial charge is 0.172 e. The van der Waals surface area contributed by atoms with Crippen LogP contribution in [-0.4, -0.2) is 24.8 Å². The van der Waals surface area contributed by atoms with Gasteiger partial charge in [0.1, 0.15) is 0 Å². The van der Waals surface area contributed by atoms with Crippen molar-refractivity contribution >= 4 is 5.78 Å². The van der Waals surface area contributed by atoms with Crippen LogP contribution in [0.4, 0.5) is 0 Å². The van der Waals surface area contributed by atoms with Crippen molar-refractivity contribution in [3.63, 3.8) is 0 Å². The van der Waals surface area contributed by atoms with Crippen LogP contribution in [0.15, 0.2) is 12.2 Å². The molecule has 66 valence electrons. The van der Waals surface area contributed by atoms with E-state index in [0.717, 1.165) is 0 Å². The van der Waals surface area contributed by atoms with Gasteiger partial charge in [0.15, 0.2) is 11.6 Å². The van der Waals surface area contributed by atoms with Gasteiger partial charge in [-0.1, -0.05) is 6.08 Å². The number of ketones is 1. The van der Waals surface area contributed by atoms with E-state index in [9.17, 15) is 4.79 Å². The highest BCUT2D eigenvalue weighted by atomic mass is 16.7. The third kappa shape index (κ3) is 1.19. The molecule has 1 aliphatic carbocycles. The Kier molecular flexibility index (Phi) is 1.77. The molecule has 3 heteroatoms. The minimum absolute atomic E-state index is 0.104. The Morgan fingerprint density at radius 1 is 1.50 bits per heavy atom. The van der Waals surface area contributed by atoms with E-state index in [0.29, 0.717) is 19.6 Å². The zero-order valence-electron chi connectivity index (χ0n) is 7.08. The Labute approximate surface area is 71.3 Å². The van der Waals surface area contributed by atoms with Gasteiger partial charge in [-0.05, 0) is 13.0 Å². The third-order valence-electron chi connectivity index (χ3n) is 2.47. The van der Waals surface area contributed by atoms with Crippen molar-refractivity contribution in [3.8, 4) is 0 Å². The molecule has 0 saturated carbocycles. The molecule has 0 aromatic rings. The standard InChI is InChI=1S/C9H12O3/c1-9(11-4-5-12-9)7-2-3-8(10)6-7/h2-3,7H,4-6H2,1H3. The first kappa shape index (κ1) is 7.95. The predicted octanol–water partition coefficient (Wildman–Crippen LogP) is 0.895. The van der Waals surface area contributed by atoms with Gasteiger partial charge < -0.3 is 9.47 Å². The molecule has 1 unspecified atom stereocenters. The number of hydrogen-bond acceptors (Lipinski definition) is 3. The van der Waals surface area contributed by atoms with Crippen LogP contribution in [0.1, 0.15) is 13.3 Å². The highest BCUT2D eigenvalue weighted by Crippen LogP contribution is 2.33. The van der Waals surface area contributed by atoms with Crippen molar-refractivity contribution in [2.45, 2.75) is 19.1 Å². The van der Waals surface area contributed by atoms with E-state index in [1.807, 2.05) is 13.0 Å². The number of carbonyl (C=O) groups is 1. The summed E-state index contributed by atoms with van der Waals surface area (Å²) < 4.78 is 10.9. The highest BCUT2D eigenvalue weighted by molar-refractivity contribution is 5.92. The van der Waals surface area contributed by atoms with E-state index in [1.54, 1.807) is 6.08 Å². The highest BCUT2D eigenvalue weighted by Gasteiger charge is 2.40. The molecule has 1 atom stereocenters. The first-order chi connectivity index (χ1) is 5.71. The number of hydrogen-bond donors (Lipinski definition) is 0. The molecule has 0 aromatic carbocycles. The second kappa shape index (κ2) is 2.68. The lowest BCUT2D eigenvalue weighted by molar-refractivity contribution is -0.170. The molecule has 2 rings (SSSR count). The molecule has 1 heterocycles. The summed E-state index contributed by atoms with van der Waals surface area (Å²) in [6, 6.07) is 0. The molecule has 3 nitrogen and oxygen atoms in total. The molecule has 0 amide bonds. The average molecular weight is 168 g/mol. The van der Waals surface area contributed by atoms with Gasteiger partial charge >= 0.3 is 0 Å². The van der Waals surface area contributed by atoms with E-state index in [1.165, 1.54) is 0 Å². The number of rotatable bonds is 1. The summed E-state index contributed by atoms with van der Waals surface area (Å²) in [5.74, 6) is -0.282. The van der Waals surface area contributed by atoms with Crippen LogP contribution in [0, 0.1) is 5.92 Å². The van der Waals surface area contributed by atoms with Crippen molar-refractivity contribution in [1.82, 2.24) is 0 Å². The maximum Gasteiger partial charge on any atom is 0.172 e. The Bertz CT molecular complexity index is 226. The number of allylic oxidation sites excluding steroid dienone is 1. The SMILES string of the molecule is CC1(C2C=CC(=O)C2)OCCO1. The van der Waals surface area contributed by atoms with E-state index in [2.05, 4.69) is 0 Å². The zero-order valence-corrected chi connectivity index (χ0v) is 7.08. The third-order valence-corrected chi connectivity index (χ3v) is 2.47. The van der Waals surface area contributed by atoms with Gasteiger partial charge in [-0.3, -0.25) is 4.79 Å². The van der Waals surface area contributed by atoms with Crippen LogP contribution < -0.4 is 0 Å². The fourth-order valence-electron chi connectivity index (χ4n) is 1.68. The summed E-state index contributed by atoms with van der Waals surface area (Å²) >= 11 is 0. The van der Waals surface area contributed by atoms with Crippen LogP contribution in [0.2, 0.25) is 0 Å². The number of ether oxygens (including phenoxy) is 2. The molecular formula is C9H12O3. The van der Waals surface area contributed by atoms with E-state index in [-0.39, 0.29) is 11.7 Å². The van der Waals surface area contributed by atoms with Crippen molar-refractivity contribution in [1.29, 1.82) is 0 Å². The van der Waals surface area contributed by atoms with Gasteiger partial charge in [-0.15, -0.1) is 0 Å². The number of carbonyl (C=O) groups excluding carboxylic acids is 1. The van der Waals surface area contributed by atoms with Crippen LogP contribution in [-0.2, 0) is 14.3 Å². The molecule has 0 aromatic heterocycles. The average Bonchev–Trinajstić information content (AvgIpc) is 2.59. The van der Waals surface area contributed by atoms with Crippen molar-refractivity contribution in [2.24, 2.45) is 5.92 Å². The van der Waals surface area contributed by atoms with Gasteiger partial charge in [0.2, 0.25) is 0 Å². The lowest BCUT2D eigenvalue weighted by atomic mass is 9.99. The van der Waals surface area contributed by atoms with Crippen LogP contribution in [0.5, 0.6) is 0 Å². The monoisotopic (exact) mass is 168 g/mol. The normalized spacial score (nSPS) is 33.1. The molecule has 1 fully saturated rings. The summed E-state index contributed by atoms with van der Waals surface area (Å²) in [6.07, 6.45) is 4.02. The molecule has 1 saturated heterocycles. The van der Waals surface area contributed by atoms with Crippen LogP contribution in [0.3, 0.4) is 0 Å². The lowest BCUT2D eigenvalue weighted by Crippen LogP contribution is -2.34. The van der Waals surface area contributed by atoms with Crippen molar-refractivity contribution in [2.75, 3.05) is 13.2 Å². The molecule has 0 N–H and O–H groups in total. The van der Waals surface area contributed by atoms with E-state index < -0.39 is 5.79 Å². The van der Waals surface area contributed by atoms with Gasteiger partial charge in [0, 0.05) is 12.3 Å². The predicted molar refractivity (Wildman–Crippen MR) is 42.6 cm³/mol. The van der Waals surface area contributed by atoms with Gasteiger partial charge in [0.05, 0.1) is 13.2 Å². The van der Waals surface area contributed by atoms with Crippen LogP contribution in [0.25, 0.3) is 0 Å². The van der Waals surface area contributed by atoms with Gasteiger partial charge in [0.25, 0.3) is 0 Å². The summed E-state index contributed by atoms with van der Waals surface area (Å²) in [7, 11) is 0. The van der Waals surface area contributed by atoms with Crippen molar-refractivity contribution < 1.29 is 14.3 Å². The van der Waals surface area contributed by atoms with Gasteiger partial charge in [-0.2, -0.15) is 0 Å². The van der Waals surface area contributed by atoms with Gasteiger partial charge in [-0.25, -0.2) is 0 Å². The Morgan fingerprint density at radius 3 is 2.67 bits per heavy atom. The minimum Gasteiger partial charge on any atom is -0.347 e. The minimum atomic E-state index is -0.553. The Balaban J connectivity index is 2.09. The van der Waals surface area contributed by atoms with E-state index in [4.69, 9.17) is 9.47 Å². The summed E-state index contributed by atoms with van der Waals surface area (Å²) in [4.78, 5) is 11.0. The fraction of sp³-hybridized carbons (Fsp3) is 0.667. The fourth-order valence-corrected chi connectivity index (χ4v) is 1.68. The van der Waals surface area contributed by atoms with Crippen LogP contribution >= 0.6 is 0 Å². The maximum absolute atomic E-state index is 11.0. The molecule has 1 aliphatic heterocycles. The maximum atomic E-state index is 11.0. The van der Waals surface area contributed by atoms with Crippen molar-refractivity contribution in [3.05, 3.63) is 12.2 Å². The Hall–Kier alpha value is -0.670. The Morgan fingerprint density at radius 2 is 2.17 bits per heavy atom. The second-order valence-electron chi connectivity index (χ2n) is 3.35. The first-order valence-electron chi connectivity index (χ1n) is 4.20. The molecule has 2 aliphatic rings. The van der Waals surface area contributed by atoms with E-state index >= 15 is 0 Å². The quantitative estimate of drug-likeness (QED) is 0.583. The molecule has 0 spiro atoms. The largest absolute Gasteiger partial charge is 0.347 e. The second-order valence-corrected chi connectivity index (χ2v) is 3.35. The summed E-state index contributed by atoms with van der Waals surface area (Å²) in [5, 5.41) is 0. The first-order valence-corrected chi connectivity index (χ1v) is 4.20. The molecule has 12 heavy (non-hydrogen) atoms. The zero-order chi connectivity index (χ0) is 8.60.